The summed E-state index contributed by atoms with van der Waals surface area (Å²) in [5.41, 5.74) is 11.3. The summed E-state index contributed by atoms with van der Waals surface area (Å²) in [6.07, 6.45) is 0. The Kier molecular flexibility index (Phi) is 7.14. The molecule has 0 aliphatic heterocycles. The Hall–Kier alpha value is -7.43. The Morgan fingerprint density at radius 2 is 1.05 bits per heavy atom. The molecule has 11 aromatic rings. The van der Waals surface area contributed by atoms with Gasteiger partial charge >= 0.3 is 0 Å². The van der Waals surface area contributed by atoms with Crippen molar-refractivity contribution in [2.24, 2.45) is 0 Å². The first-order chi connectivity index (χ1) is 27.3. The van der Waals surface area contributed by atoms with Crippen LogP contribution in [0.25, 0.3) is 82.7 Å². The van der Waals surface area contributed by atoms with E-state index in [0.29, 0.717) is 5.89 Å². The van der Waals surface area contributed by atoms with Gasteiger partial charge in [-0.15, -0.1) is 0 Å². The van der Waals surface area contributed by atoms with Crippen LogP contribution in [0.15, 0.2) is 205 Å². The average molecular weight is 704 g/mol. The molecule has 2 aromatic heterocycles. The Morgan fingerprint density at radius 3 is 1.87 bits per heavy atom. The molecule has 9 aromatic carbocycles. The molecule has 0 radical (unpaired) electrons. The second kappa shape index (κ2) is 12.6. The van der Waals surface area contributed by atoms with E-state index in [2.05, 4.69) is 179 Å². The molecule has 55 heavy (non-hydrogen) atoms. The second-order valence-electron chi connectivity index (χ2n) is 14.0. The highest BCUT2D eigenvalue weighted by Gasteiger charge is 2.23. The maximum Gasteiger partial charge on any atom is 0.227 e. The van der Waals surface area contributed by atoms with Gasteiger partial charge in [0.1, 0.15) is 5.52 Å². The van der Waals surface area contributed by atoms with Crippen molar-refractivity contribution < 1.29 is 4.42 Å². The Labute approximate surface area is 317 Å². The van der Waals surface area contributed by atoms with Crippen molar-refractivity contribution in [3.8, 4) is 28.3 Å². The predicted molar refractivity (Wildman–Crippen MR) is 229 cm³/mol. The lowest BCUT2D eigenvalue weighted by Crippen LogP contribution is -2.11. The summed E-state index contributed by atoms with van der Waals surface area (Å²) < 4.78 is 9.04. The highest BCUT2D eigenvalue weighted by Crippen LogP contribution is 2.45. The van der Waals surface area contributed by atoms with Crippen molar-refractivity contribution in [2.45, 2.75) is 0 Å². The molecule has 0 unspecified atom stereocenters. The quantitative estimate of drug-likeness (QED) is 0.173. The molecule has 0 aliphatic carbocycles. The lowest BCUT2D eigenvalue weighted by Gasteiger charge is -2.26. The molecule has 0 bridgehead atoms. The Morgan fingerprint density at radius 1 is 0.418 bits per heavy atom. The first-order valence-corrected chi connectivity index (χ1v) is 18.6. The summed E-state index contributed by atoms with van der Waals surface area (Å²) in [6.45, 7) is 0. The fraction of sp³-hybridized carbons (Fsp3) is 0. The van der Waals surface area contributed by atoms with E-state index in [-0.39, 0.29) is 0 Å². The van der Waals surface area contributed by atoms with Gasteiger partial charge in [0.15, 0.2) is 5.58 Å². The lowest BCUT2D eigenvalue weighted by atomic mass is 10.0. The van der Waals surface area contributed by atoms with Crippen molar-refractivity contribution in [1.29, 1.82) is 0 Å². The third-order valence-electron chi connectivity index (χ3n) is 10.8. The van der Waals surface area contributed by atoms with E-state index in [9.17, 15) is 0 Å². The van der Waals surface area contributed by atoms with Gasteiger partial charge in [-0.2, -0.15) is 0 Å². The molecular weight excluding hydrogens is 671 g/mol. The van der Waals surface area contributed by atoms with Crippen LogP contribution in [0.3, 0.4) is 0 Å². The zero-order valence-corrected chi connectivity index (χ0v) is 29.8. The van der Waals surface area contributed by atoms with Gasteiger partial charge in [-0.25, -0.2) is 4.98 Å². The number of oxazole rings is 1. The van der Waals surface area contributed by atoms with Crippen LogP contribution in [0.5, 0.6) is 0 Å². The van der Waals surface area contributed by atoms with Crippen LogP contribution in [-0.4, -0.2) is 9.55 Å². The number of fused-ring (bicyclic) bond motifs is 7. The molecule has 258 valence electrons. The maximum atomic E-state index is 6.68. The third kappa shape index (κ3) is 5.19. The largest absolute Gasteiger partial charge is 0.435 e. The fourth-order valence-corrected chi connectivity index (χ4v) is 8.15. The van der Waals surface area contributed by atoms with Crippen molar-refractivity contribution in [2.75, 3.05) is 4.90 Å². The minimum absolute atomic E-state index is 0.598. The molecule has 4 nitrogen and oxygen atoms in total. The molecule has 0 fully saturated rings. The van der Waals surface area contributed by atoms with Gasteiger partial charge in [0.2, 0.25) is 5.89 Å². The lowest BCUT2D eigenvalue weighted by molar-refractivity contribution is 0.623. The minimum atomic E-state index is 0.598. The summed E-state index contributed by atoms with van der Waals surface area (Å²) in [7, 11) is 0. The Balaban J connectivity index is 1.15. The SMILES string of the molecule is c1ccc(-c2nc3c(N(c4ccc(-c5ccc6ccccc6c5)cc4)c4ccc5c(c4)c4ccccc4n5-c4ccccc4)cc4ccccc4c3o2)cc1. The van der Waals surface area contributed by atoms with E-state index in [1.165, 1.54) is 32.6 Å². The minimum Gasteiger partial charge on any atom is -0.435 e. The molecule has 0 saturated carbocycles. The molecule has 11 rings (SSSR count). The number of hydrogen-bond donors (Lipinski definition) is 0. The van der Waals surface area contributed by atoms with Gasteiger partial charge < -0.3 is 13.9 Å². The van der Waals surface area contributed by atoms with Gasteiger partial charge in [0.25, 0.3) is 0 Å². The molecule has 0 atom stereocenters. The zero-order chi connectivity index (χ0) is 36.3. The van der Waals surface area contributed by atoms with Gasteiger partial charge in [0.05, 0.1) is 16.7 Å². The molecule has 4 heteroatoms. The van der Waals surface area contributed by atoms with E-state index < -0.39 is 0 Å². The van der Waals surface area contributed by atoms with E-state index in [4.69, 9.17) is 9.40 Å². The molecule has 2 heterocycles. The van der Waals surface area contributed by atoms with Crippen molar-refractivity contribution >= 4 is 71.5 Å². The summed E-state index contributed by atoms with van der Waals surface area (Å²) >= 11 is 0. The number of para-hydroxylation sites is 2. The normalized spacial score (nSPS) is 11.6. The summed E-state index contributed by atoms with van der Waals surface area (Å²) in [5.74, 6) is 0.598. The number of aromatic nitrogens is 2. The van der Waals surface area contributed by atoms with Crippen LogP contribution >= 0.6 is 0 Å². The number of anilines is 3. The van der Waals surface area contributed by atoms with Crippen molar-refractivity contribution in [3.63, 3.8) is 0 Å². The maximum absolute atomic E-state index is 6.68. The number of rotatable bonds is 6. The van der Waals surface area contributed by atoms with Gasteiger partial charge in [-0.3, -0.25) is 0 Å². The summed E-state index contributed by atoms with van der Waals surface area (Å²) in [4.78, 5) is 7.58. The van der Waals surface area contributed by atoms with Crippen molar-refractivity contribution in [1.82, 2.24) is 9.55 Å². The van der Waals surface area contributed by atoms with Crippen LogP contribution in [0.1, 0.15) is 0 Å². The smallest absolute Gasteiger partial charge is 0.227 e. The first-order valence-electron chi connectivity index (χ1n) is 18.6. The molecular formula is C51H33N3O. The first kappa shape index (κ1) is 31.1. The van der Waals surface area contributed by atoms with Crippen molar-refractivity contribution in [3.05, 3.63) is 200 Å². The van der Waals surface area contributed by atoms with Gasteiger partial charge in [-0.1, -0.05) is 127 Å². The molecule has 0 aliphatic rings. The highest BCUT2D eigenvalue weighted by molar-refractivity contribution is 6.13. The van der Waals surface area contributed by atoms with Crippen LogP contribution < -0.4 is 4.90 Å². The van der Waals surface area contributed by atoms with E-state index >= 15 is 0 Å². The van der Waals surface area contributed by atoms with E-state index in [1.54, 1.807) is 0 Å². The number of hydrogen-bond acceptors (Lipinski definition) is 3. The molecule has 0 N–H and O–H groups in total. The molecule has 0 amide bonds. The van der Waals surface area contributed by atoms with Gasteiger partial charge in [0, 0.05) is 38.8 Å². The fourth-order valence-electron chi connectivity index (χ4n) is 8.15. The highest BCUT2D eigenvalue weighted by atomic mass is 16.3. The molecule has 0 spiro atoms. The number of nitrogens with zero attached hydrogens (tertiary/aromatic N) is 3. The standard InChI is InChI=1S/C51H33N3O/c1-3-14-36(15-4-1)51-52-49-48(32-39-17-9-10-20-43(39)50(49)55-51)53(41-27-25-35(26-28-41)38-24-23-34-13-7-8-16-37(34)31-38)42-29-30-47-45(33-42)44-21-11-12-22-46(44)54(47)40-18-5-2-6-19-40/h1-33H. The van der Waals surface area contributed by atoms with Crippen LogP contribution in [0.2, 0.25) is 0 Å². The monoisotopic (exact) mass is 703 g/mol. The predicted octanol–water partition coefficient (Wildman–Crippen LogP) is 14.0. The van der Waals surface area contributed by atoms with Gasteiger partial charge in [-0.05, 0) is 100 Å². The van der Waals surface area contributed by atoms with E-state index in [1.807, 2.05) is 30.3 Å². The van der Waals surface area contributed by atoms with Crippen LogP contribution in [-0.2, 0) is 0 Å². The second-order valence-corrected chi connectivity index (χ2v) is 14.0. The van der Waals surface area contributed by atoms with E-state index in [0.717, 1.165) is 61.3 Å². The Bertz CT molecular complexity index is 3200. The van der Waals surface area contributed by atoms with Crippen LogP contribution in [0, 0.1) is 0 Å². The third-order valence-corrected chi connectivity index (χ3v) is 10.8. The summed E-state index contributed by atoms with van der Waals surface area (Å²) in [5, 5.41) is 6.96. The number of benzene rings is 9. The average Bonchev–Trinajstić information content (AvgIpc) is 3.85. The topological polar surface area (TPSA) is 34.2 Å². The van der Waals surface area contributed by atoms with Crippen LogP contribution in [0.4, 0.5) is 17.1 Å². The zero-order valence-electron chi connectivity index (χ0n) is 29.8. The summed E-state index contributed by atoms with van der Waals surface area (Å²) in [6, 6.07) is 71.0. The molecule has 0 saturated heterocycles.